The summed E-state index contributed by atoms with van der Waals surface area (Å²) in [6.45, 7) is 7.75. The van der Waals surface area contributed by atoms with Crippen molar-refractivity contribution in [3.05, 3.63) is 38.9 Å². The first kappa shape index (κ1) is 18.0. The molecule has 6 heteroatoms. The quantitative estimate of drug-likeness (QED) is 0.866. The summed E-state index contributed by atoms with van der Waals surface area (Å²) in [5.74, 6) is 1.29. The van der Waals surface area contributed by atoms with Gasteiger partial charge >= 0.3 is 0 Å². The molecule has 0 fully saturated rings. The van der Waals surface area contributed by atoms with Crippen LogP contribution in [0.5, 0.6) is 0 Å². The number of thiazole rings is 1. The van der Waals surface area contributed by atoms with Crippen molar-refractivity contribution in [2.24, 2.45) is 15.9 Å². The van der Waals surface area contributed by atoms with Crippen LogP contribution in [0, 0.1) is 12.8 Å². The highest BCUT2D eigenvalue weighted by molar-refractivity contribution is 7.11. The number of hydrogen-bond donors (Lipinski definition) is 1. The maximum atomic E-state index is 5.24. The molecule has 134 valence electrons. The number of rotatable bonds is 5. The minimum absolute atomic E-state index is 0.141. The zero-order chi connectivity index (χ0) is 17.8. The fourth-order valence-electron chi connectivity index (χ4n) is 3.23. The lowest BCUT2D eigenvalue weighted by Crippen LogP contribution is -2.31. The average molecular weight is 359 g/mol. The van der Waals surface area contributed by atoms with Gasteiger partial charge in [0.25, 0.3) is 0 Å². The highest BCUT2D eigenvalue weighted by atomic mass is 32.1. The molecule has 1 aliphatic carbocycles. The number of aromatic nitrogens is 1. The van der Waals surface area contributed by atoms with Crippen molar-refractivity contribution in [2.45, 2.75) is 46.3 Å². The van der Waals surface area contributed by atoms with Gasteiger partial charge in [0.15, 0.2) is 0 Å². The SMILES string of the molecule is COCc1sc(C2CC=NC(=NCC3=CC(C)CC(C)=C3)N2)nc1C. The van der Waals surface area contributed by atoms with Gasteiger partial charge in [0.2, 0.25) is 5.96 Å². The van der Waals surface area contributed by atoms with E-state index < -0.39 is 0 Å². The fourth-order valence-corrected chi connectivity index (χ4v) is 4.33. The van der Waals surface area contributed by atoms with Gasteiger partial charge in [-0.05, 0) is 31.8 Å². The van der Waals surface area contributed by atoms with Gasteiger partial charge in [-0.1, -0.05) is 24.6 Å². The Morgan fingerprint density at radius 3 is 3.00 bits per heavy atom. The van der Waals surface area contributed by atoms with E-state index in [0.29, 0.717) is 25.0 Å². The number of guanidine groups is 1. The molecule has 2 atom stereocenters. The first-order valence-electron chi connectivity index (χ1n) is 8.71. The Hall–Kier alpha value is -1.79. The third-order valence-electron chi connectivity index (χ3n) is 4.33. The molecule has 1 N–H and O–H groups in total. The maximum Gasteiger partial charge on any atom is 0.218 e. The van der Waals surface area contributed by atoms with Crippen molar-refractivity contribution in [1.29, 1.82) is 0 Å². The summed E-state index contributed by atoms with van der Waals surface area (Å²) in [5, 5.41) is 4.50. The molecule has 25 heavy (non-hydrogen) atoms. The van der Waals surface area contributed by atoms with Crippen LogP contribution in [-0.2, 0) is 11.3 Å². The number of methoxy groups -OCH3 is 1. The Balaban J connectivity index is 1.68. The van der Waals surface area contributed by atoms with Crippen LogP contribution in [0.25, 0.3) is 0 Å². The van der Waals surface area contributed by atoms with Crippen LogP contribution in [0.2, 0.25) is 0 Å². The normalized spacial score (nSPS) is 24.9. The highest BCUT2D eigenvalue weighted by Crippen LogP contribution is 2.27. The summed E-state index contributed by atoms with van der Waals surface area (Å²) in [5.41, 5.74) is 3.74. The van der Waals surface area contributed by atoms with Crippen molar-refractivity contribution in [3.63, 3.8) is 0 Å². The van der Waals surface area contributed by atoms with Crippen molar-refractivity contribution in [1.82, 2.24) is 10.3 Å². The Morgan fingerprint density at radius 2 is 2.24 bits per heavy atom. The van der Waals surface area contributed by atoms with Crippen molar-refractivity contribution < 1.29 is 4.74 Å². The fraction of sp³-hybridized carbons (Fsp3) is 0.526. The van der Waals surface area contributed by atoms with E-state index in [9.17, 15) is 0 Å². The van der Waals surface area contributed by atoms with Crippen molar-refractivity contribution in [3.8, 4) is 0 Å². The van der Waals surface area contributed by atoms with E-state index in [1.807, 2.05) is 13.1 Å². The van der Waals surface area contributed by atoms with Crippen molar-refractivity contribution >= 4 is 23.5 Å². The molecule has 5 nitrogen and oxygen atoms in total. The van der Waals surface area contributed by atoms with E-state index in [1.165, 1.54) is 16.0 Å². The summed E-state index contributed by atoms with van der Waals surface area (Å²) in [7, 11) is 1.71. The molecule has 0 aromatic carbocycles. The second kappa shape index (κ2) is 8.06. The standard InChI is InChI=1S/C19H26N4OS/c1-12-7-13(2)9-15(8-12)10-21-19-20-6-5-16(23-19)18-22-14(3)17(25-18)11-24-4/h6,8-9,12,16H,5,7,10-11H2,1-4H3,(H,21,23). The molecule has 0 bridgehead atoms. The van der Waals surface area contributed by atoms with Crippen molar-refractivity contribution in [2.75, 3.05) is 13.7 Å². The van der Waals surface area contributed by atoms with Crippen LogP contribution in [-0.4, -0.2) is 30.8 Å². The van der Waals surface area contributed by atoms with Gasteiger partial charge in [0.1, 0.15) is 5.01 Å². The topological polar surface area (TPSA) is 58.9 Å². The minimum Gasteiger partial charge on any atom is -0.379 e. The molecule has 0 saturated heterocycles. The van der Waals surface area contributed by atoms with Gasteiger partial charge in [-0.3, -0.25) is 0 Å². The van der Waals surface area contributed by atoms with E-state index in [4.69, 9.17) is 9.72 Å². The summed E-state index contributed by atoms with van der Waals surface area (Å²) in [6.07, 6.45) is 8.46. The van der Waals surface area contributed by atoms with Gasteiger partial charge in [-0.15, -0.1) is 11.3 Å². The number of hydrogen-bond acceptors (Lipinski definition) is 4. The van der Waals surface area contributed by atoms with Gasteiger partial charge in [-0.2, -0.15) is 0 Å². The smallest absolute Gasteiger partial charge is 0.218 e. The van der Waals surface area contributed by atoms with Gasteiger partial charge in [-0.25, -0.2) is 15.0 Å². The lowest BCUT2D eigenvalue weighted by molar-refractivity contribution is 0.187. The molecule has 0 radical (unpaired) electrons. The van der Waals surface area contributed by atoms with E-state index in [-0.39, 0.29) is 6.04 Å². The second-order valence-corrected chi connectivity index (χ2v) is 7.91. The predicted molar refractivity (Wildman–Crippen MR) is 104 cm³/mol. The van der Waals surface area contributed by atoms with Crippen LogP contribution < -0.4 is 5.32 Å². The van der Waals surface area contributed by atoms with E-state index in [1.54, 1.807) is 18.4 Å². The van der Waals surface area contributed by atoms with Crippen LogP contribution in [0.4, 0.5) is 0 Å². The van der Waals surface area contributed by atoms with Gasteiger partial charge in [0.05, 0.1) is 29.8 Å². The highest BCUT2D eigenvalue weighted by Gasteiger charge is 2.21. The number of nitrogens with one attached hydrogen (secondary N) is 1. The third-order valence-corrected chi connectivity index (χ3v) is 5.57. The average Bonchev–Trinajstić information content (AvgIpc) is 2.94. The molecule has 3 rings (SSSR count). The van der Waals surface area contributed by atoms with Crippen LogP contribution in [0.15, 0.2) is 33.3 Å². The van der Waals surface area contributed by atoms with Crippen LogP contribution in [0.3, 0.4) is 0 Å². The lowest BCUT2D eigenvalue weighted by atomic mass is 9.92. The molecule has 1 aromatic rings. The molecule has 0 saturated carbocycles. The van der Waals surface area contributed by atoms with Crippen LogP contribution >= 0.6 is 11.3 Å². The first-order valence-corrected chi connectivity index (χ1v) is 9.53. The molecule has 1 aliphatic heterocycles. The Morgan fingerprint density at radius 1 is 1.40 bits per heavy atom. The number of aryl methyl sites for hydroxylation is 1. The van der Waals surface area contributed by atoms with Gasteiger partial charge < -0.3 is 10.1 Å². The number of allylic oxidation sites excluding steroid dienone is 2. The largest absolute Gasteiger partial charge is 0.379 e. The Labute approximate surface area is 153 Å². The predicted octanol–water partition coefficient (Wildman–Crippen LogP) is 3.97. The van der Waals surface area contributed by atoms with E-state index >= 15 is 0 Å². The number of ether oxygens (including phenoxy) is 1. The molecular formula is C19H26N4OS. The third kappa shape index (κ3) is 4.64. The molecular weight excluding hydrogens is 332 g/mol. The molecule has 1 aromatic heterocycles. The number of nitrogens with zero attached hydrogens (tertiary/aromatic N) is 3. The molecule has 2 aliphatic rings. The summed E-state index contributed by atoms with van der Waals surface area (Å²) in [6, 6.07) is 0.141. The molecule has 0 spiro atoms. The lowest BCUT2D eigenvalue weighted by Gasteiger charge is -2.20. The Bertz CT molecular complexity index is 745. The second-order valence-electron chi connectivity index (χ2n) is 6.79. The number of aliphatic imine (C=N–C) groups is 2. The zero-order valence-electron chi connectivity index (χ0n) is 15.4. The summed E-state index contributed by atoms with van der Waals surface area (Å²) in [4.78, 5) is 15.0. The maximum absolute atomic E-state index is 5.24. The van der Waals surface area contributed by atoms with Gasteiger partial charge in [0, 0.05) is 19.7 Å². The zero-order valence-corrected chi connectivity index (χ0v) is 16.2. The molecule has 2 heterocycles. The monoisotopic (exact) mass is 358 g/mol. The van der Waals surface area contributed by atoms with E-state index in [0.717, 1.165) is 23.5 Å². The minimum atomic E-state index is 0.141. The van der Waals surface area contributed by atoms with E-state index in [2.05, 4.69) is 41.3 Å². The first-order chi connectivity index (χ1) is 12.0. The summed E-state index contributed by atoms with van der Waals surface area (Å²) < 4.78 is 5.24. The van der Waals surface area contributed by atoms with Crippen LogP contribution in [0.1, 0.15) is 48.3 Å². The Kier molecular flexibility index (Phi) is 5.81. The molecule has 2 unspecified atom stereocenters. The summed E-state index contributed by atoms with van der Waals surface area (Å²) >= 11 is 1.70. The molecule has 0 amide bonds.